The van der Waals surface area contributed by atoms with Gasteiger partial charge in [0.25, 0.3) is 5.91 Å². The molecule has 0 atom stereocenters. The maximum absolute atomic E-state index is 12.3. The molecule has 1 aliphatic rings. The van der Waals surface area contributed by atoms with Crippen molar-refractivity contribution in [2.24, 2.45) is 0 Å². The lowest BCUT2D eigenvalue weighted by Crippen LogP contribution is -2.29. The van der Waals surface area contributed by atoms with E-state index in [1.54, 1.807) is 4.90 Å². The van der Waals surface area contributed by atoms with E-state index in [-0.39, 0.29) is 12.3 Å². The second kappa shape index (κ2) is 8.10. The first-order valence-electron chi connectivity index (χ1n) is 7.10. The Bertz CT molecular complexity index is 599. The van der Waals surface area contributed by atoms with Crippen LogP contribution in [0.3, 0.4) is 0 Å². The quantitative estimate of drug-likeness (QED) is 0.469. The number of amides is 1. The van der Waals surface area contributed by atoms with Gasteiger partial charge in [-0.25, -0.2) is 0 Å². The number of benzene rings is 1. The number of thiocarbonyl (C=S) groups is 1. The Kier molecular flexibility index (Phi) is 6.15. The molecule has 1 N–H and O–H groups in total. The van der Waals surface area contributed by atoms with Crippen molar-refractivity contribution in [2.75, 3.05) is 6.54 Å². The summed E-state index contributed by atoms with van der Waals surface area (Å²) in [5, 5.41) is 8.59. The Morgan fingerprint density at radius 3 is 2.64 bits per heavy atom. The lowest BCUT2D eigenvalue weighted by atomic mass is 10.2. The first-order valence-corrected chi connectivity index (χ1v) is 8.32. The molecule has 2 rings (SSSR count). The normalized spacial score (nSPS) is 16.5. The van der Waals surface area contributed by atoms with Gasteiger partial charge in [0, 0.05) is 13.0 Å². The van der Waals surface area contributed by atoms with E-state index in [1.165, 1.54) is 11.8 Å². The van der Waals surface area contributed by atoms with Crippen LogP contribution in [-0.4, -0.2) is 32.7 Å². The summed E-state index contributed by atoms with van der Waals surface area (Å²) in [6.45, 7) is 0.552. The lowest BCUT2D eigenvalue weighted by molar-refractivity contribution is -0.137. The second-order valence-corrected chi connectivity index (χ2v) is 6.62. The number of aliphatic carboxylic acids is 1. The van der Waals surface area contributed by atoms with Crippen LogP contribution in [0.15, 0.2) is 35.2 Å². The highest BCUT2D eigenvalue weighted by Gasteiger charge is 2.31. The van der Waals surface area contributed by atoms with E-state index in [0.29, 0.717) is 22.2 Å². The average Bonchev–Trinajstić information content (AvgIpc) is 2.75. The zero-order valence-electron chi connectivity index (χ0n) is 12.0. The zero-order chi connectivity index (χ0) is 15.9. The maximum Gasteiger partial charge on any atom is 0.303 e. The Balaban J connectivity index is 1.89. The van der Waals surface area contributed by atoms with E-state index in [2.05, 4.69) is 0 Å². The van der Waals surface area contributed by atoms with E-state index in [9.17, 15) is 9.59 Å². The van der Waals surface area contributed by atoms with E-state index in [1.807, 2.05) is 36.4 Å². The smallest absolute Gasteiger partial charge is 0.303 e. The minimum absolute atomic E-state index is 0.0583. The largest absolute Gasteiger partial charge is 0.481 e. The van der Waals surface area contributed by atoms with Gasteiger partial charge in [0.2, 0.25) is 0 Å². The molecule has 0 spiro atoms. The van der Waals surface area contributed by atoms with Crippen LogP contribution < -0.4 is 0 Å². The first-order chi connectivity index (χ1) is 10.6. The number of hydrogen-bond acceptors (Lipinski definition) is 4. The number of carbonyl (C=O) groups excluding carboxylic acids is 1. The van der Waals surface area contributed by atoms with Crippen LogP contribution in [0.2, 0.25) is 0 Å². The number of carboxylic acids is 1. The molecule has 116 valence electrons. The number of rotatable bonds is 7. The second-order valence-electron chi connectivity index (χ2n) is 4.95. The highest BCUT2D eigenvalue weighted by atomic mass is 32.2. The van der Waals surface area contributed by atoms with Gasteiger partial charge in [-0.1, -0.05) is 60.7 Å². The molecule has 0 bridgehead atoms. The summed E-state index contributed by atoms with van der Waals surface area (Å²) in [5.74, 6) is -0.839. The minimum atomic E-state index is -0.781. The molecule has 0 saturated carbocycles. The molecule has 6 heteroatoms. The van der Waals surface area contributed by atoms with Crippen molar-refractivity contribution in [3.8, 4) is 0 Å². The van der Waals surface area contributed by atoms with Crippen molar-refractivity contribution in [1.82, 2.24) is 4.90 Å². The molecule has 1 aromatic carbocycles. The Morgan fingerprint density at radius 2 is 1.95 bits per heavy atom. The molecule has 1 fully saturated rings. The summed E-state index contributed by atoms with van der Waals surface area (Å²) in [6, 6.07) is 9.67. The summed E-state index contributed by atoms with van der Waals surface area (Å²) >= 11 is 6.58. The molecular formula is C16H17NO3S2. The molecule has 1 amide bonds. The Hall–Kier alpha value is -1.66. The minimum Gasteiger partial charge on any atom is -0.481 e. The molecule has 0 aromatic heterocycles. The lowest BCUT2D eigenvalue weighted by Gasteiger charge is -2.13. The fourth-order valence-electron chi connectivity index (χ4n) is 2.12. The highest BCUT2D eigenvalue weighted by Crippen LogP contribution is 2.32. The van der Waals surface area contributed by atoms with Gasteiger partial charge in [-0.15, -0.1) is 0 Å². The third-order valence-electron chi connectivity index (χ3n) is 3.24. The van der Waals surface area contributed by atoms with Crippen LogP contribution in [0.4, 0.5) is 0 Å². The van der Waals surface area contributed by atoms with Gasteiger partial charge in [-0.2, -0.15) is 0 Å². The molecular weight excluding hydrogens is 318 g/mol. The molecule has 22 heavy (non-hydrogen) atoms. The van der Waals surface area contributed by atoms with Gasteiger partial charge in [-0.05, 0) is 24.5 Å². The van der Waals surface area contributed by atoms with Crippen molar-refractivity contribution in [1.29, 1.82) is 0 Å². The zero-order valence-corrected chi connectivity index (χ0v) is 13.7. The van der Waals surface area contributed by atoms with Gasteiger partial charge < -0.3 is 5.11 Å². The standard InChI is InChI=1S/C16H17NO3S2/c18-14(19)9-5-2-6-10-17-15(20)13(22-16(17)21)11-12-7-3-1-4-8-12/h1,3-4,7-8,11H,2,5-6,9-10H2,(H,18,19)/b13-11-. The summed E-state index contributed by atoms with van der Waals surface area (Å²) in [7, 11) is 0. The summed E-state index contributed by atoms with van der Waals surface area (Å²) in [4.78, 5) is 25.0. The van der Waals surface area contributed by atoms with Crippen LogP contribution in [0.1, 0.15) is 31.2 Å². The number of hydrogen-bond donors (Lipinski definition) is 1. The van der Waals surface area contributed by atoms with Crippen LogP contribution >= 0.6 is 24.0 Å². The molecule has 4 nitrogen and oxygen atoms in total. The van der Waals surface area contributed by atoms with Crippen molar-refractivity contribution in [3.05, 3.63) is 40.8 Å². The number of unbranched alkanes of at least 4 members (excludes halogenated alkanes) is 2. The van der Waals surface area contributed by atoms with E-state index >= 15 is 0 Å². The predicted molar refractivity (Wildman–Crippen MR) is 92.4 cm³/mol. The molecule has 0 unspecified atom stereocenters. The van der Waals surface area contributed by atoms with Gasteiger partial charge in [0.05, 0.1) is 4.91 Å². The summed E-state index contributed by atoms with van der Waals surface area (Å²) in [6.07, 6.45) is 4.19. The molecule has 0 radical (unpaired) electrons. The highest BCUT2D eigenvalue weighted by molar-refractivity contribution is 8.26. The fourth-order valence-corrected chi connectivity index (χ4v) is 3.42. The molecule has 1 aromatic rings. The van der Waals surface area contributed by atoms with Crippen molar-refractivity contribution < 1.29 is 14.7 Å². The Morgan fingerprint density at radius 1 is 1.23 bits per heavy atom. The number of carboxylic acid groups (broad SMARTS) is 1. The number of nitrogens with zero attached hydrogens (tertiary/aromatic N) is 1. The summed E-state index contributed by atoms with van der Waals surface area (Å²) < 4.78 is 0.574. The monoisotopic (exact) mass is 335 g/mol. The van der Waals surface area contributed by atoms with Crippen molar-refractivity contribution in [3.63, 3.8) is 0 Å². The molecule has 1 saturated heterocycles. The first kappa shape index (κ1) is 16.7. The van der Waals surface area contributed by atoms with Gasteiger partial charge in [0.1, 0.15) is 4.32 Å². The third kappa shape index (κ3) is 4.68. The topological polar surface area (TPSA) is 57.6 Å². The number of carbonyl (C=O) groups is 2. The fraction of sp³-hybridized carbons (Fsp3) is 0.312. The van der Waals surface area contributed by atoms with Crippen LogP contribution in [0.25, 0.3) is 6.08 Å². The van der Waals surface area contributed by atoms with Crippen molar-refractivity contribution in [2.45, 2.75) is 25.7 Å². The molecule has 0 aliphatic carbocycles. The molecule has 1 aliphatic heterocycles. The van der Waals surface area contributed by atoms with Gasteiger partial charge >= 0.3 is 5.97 Å². The van der Waals surface area contributed by atoms with Crippen LogP contribution in [-0.2, 0) is 9.59 Å². The van der Waals surface area contributed by atoms with Gasteiger partial charge in [0.15, 0.2) is 0 Å². The number of thioether (sulfide) groups is 1. The third-order valence-corrected chi connectivity index (χ3v) is 4.62. The summed E-state index contributed by atoms with van der Waals surface area (Å²) in [5.41, 5.74) is 0.976. The van der Waals surface area contributed by atoms with Crippen LogP contribution in [0, 0.1) is 0 Å². The van der Waals surface area contributed by atoms with E-state index < -0.39 is 5.97 Å². The van der Waals surface area contributed by atoms with Crippen molar-refractivity contribution >= 4 is 46.3 Å². The van der Waals surface area contributed by atoms with Crippen LogP contribution in [0.5, 0.6) is 0 Å². The molecule has 1 heterocycles. The Labute approximate surface area is 139 Å². The van der Waals surface area contributed by atoms with E-state index in [4.69, 9.17) is 17.3 Å². The average molecular weight is 335 g/mol. The van der Waals surface area contributed by atoms with Gasteiger partial charge in [-0.3, -0.25) is 14.5 Å². The SMILES string of the molecule is O=C(O)CCCCCN1C(=O)/C(=C/c2ccccc2)SC1=S. The van der Waals surface area contributed by atoms with E-state index in [0.717, 1.165) is 18.4 Å². The maximum atomic E-state index is 12.3. The predicted octanol–water partition coefficient (Wildman–Crippen LogP) is 3.53.